The Balaban J connectivity index is 0.000000173. The van der Waals surface area contributed by atoms with Crippen LogP contribution in [-0.4, -0.2) is 119 Å². The van der Waals surface area contributed by atoms with Gasteiger partial charge in [0.25, 0.3) is 0 Å². The highest BCUT2D eigenvalue weighted by Crippen LogP contribution is 2.41. The number of nitrogens with one attached hydrogen (secondary N) is 3. The number of amides is 3. The van der Waals surface area contributed by atoms with Gasteiger partial charge < -0.3 is 34.7 Å². The van der Waals surface area contributed by atoms with Crippen molar-refractivity contribution in [3.8, 4) is 0 Å². The standard InChI is InChI=1S/C34H37ClN6O3.C29H29ClN6O/c1-34(2,3)44-33(43)40-16-17-41(31-28-12-11-26(35)19-25(28)10-9-24-7-5-13-37-30(24)31)29(21-40)32(42)38-27-8-4-6-23(18-27)20-39-15-14-36-22-39;30-23-8-9-25-22(16-23)7-6-21-4-2-10-33-27(21)28(25)36-14-12-31-17-26(36)29(37)34-24-5-1-3-20(15-24)18-35-13-11-32-19-35/h4-8,11-15,18-19,22,29,31H,9-10,16-17,20-21H2,1-3H3,(H,38,42);1-5,8-11,13,15-16,19,26,28,31H,6-7,12,14,17-18H2,(H,34,37). The summed E-state index contributed by atoms with van der Waals surface area (Å²) in [6.07, 6.45) is 17.6. The number of nitrogens with zero attached hydrogens (tertiary/aromatic N) is 9. The number of piperazine rings is 2. The van der Waals surface area contributed by atoms with Crippen molar-refractivity contribution in [2.75, 3.05) is 49.9 Å². The molecule has 16 nitrogen and oxygen atoms in total. The molecule has 2 saturated heterocycles. The summed E-state index contributed by atoms with van der Waals surface area (Å²) in [4.78, 5) is 65.4. The third-order valence-corrected chi connectivity index (χ3v) is 15.8. The minimum absolute atomic E-state index is 0.0239. The van der Waals surface area contributed by atoms with Crippen molar-refractivity contribution in [2.45, 2.75) is 89.3 Å². The molecule has 2 aliphatic heterocycles. The van der Waals surface area contributed by atoms with Crippen molar-refractivity contribution in [3.63, 3.8) is 0 Å². The number of aromatic nitrogens is 6. The van der Waals surface area contributed by atoms with Gasteiger partial charge in [-0.05, 0) is 152 Å². The summed E-state index contributed by atoms with van der Waals surface area (Å²) >= 11 is 12.8. The fourth-order valence-electron chi connectivity index (χ4n) is 11.7. The molecule has 4 unspecified atom stereocenters. The molecule has 12 rings (SSSR count). The summed E-state index contributed by atoms with van der Waals surface area (Å²) in [5.74, 6) is -0.223. The van der Waals surface area contributed by atoms with Gasteiger partial charge in [0.05, 0.1) is 36.1 Å². The number of fused-ring (bicyclic) bond motifs is 4. The second-order valence-electron chi connectivity index (χ2n) is 22.1. The molecule has 0 bridgehead atoms. The first-order valence-corrected chi connectivity index (χ1v) is 28.4. The third kappa shape index (κ3) is 13.1. The van der Waals surface area contributed by atoms with Crippen LogP contribution in [0.5, 0.6) is 0 Å². The first-order chi connectivity index (χ1) is 39.3. The molecule has 3 amide bonds. The maximum Gasteiger partial charge on any atom is 0.410 e. The van der Waals surface area contributed by atoms with Gasteiger partial charge in [0.2, 0.25) is 11.8 Å². The normalized spacial score (nSPS) is 19.0. The lowest BCUT2D eigenvalue weighted by molar-refractivity contribution is -0.124. The number of anilines is 2. The minimum Gasteiger partial charge on any atom is -0.444 e. The van der Waals surface area contributed by atoms with E-state index in [4.69, 9.17) is 37.9 Å². The number of halogens is 2. The Labute approximate surface area is 482 Å². The smallest absolute Gasteiger partial charge is 0.410 e. The Bertz CT molecular complexity index is 3510. The third-order valence-electron chi connectivity index (χ3n) is 15.4. The summed E-state index contributed by atoms with van der Waals surface area (Å²) in [7, 11) is 0. The second kappa shape index (κ2) is 24.6. The molecule has 4 aromatic heterocycles. The average molecular weight is 1130 g/mol. The predicted octanol–water partition coefficient (Wildman–Crippen LogP) is 9.81. The molecule has 81 heavy (non-hydrogen) atoms. The number of pyridine rings is 2. The fraction of sp³-hybridized carbons (Fsp3) is 0.317. The fourth-order valence-corrected chi connectivity index (χ4v) is 12.1. The maximum absolute atomic E-state index is 14.3. The second-order valence-corrected chi connectivity index (χ2v) is 22.9. The van der Waals surface area contributed by atoms with Crippen molar-refractivity contribution >= 4 is 52.5 Å². The highest BCUT2D eigenvalue weighted by molar-refractivity contribution is 6.31. The van der Waals surface area contributed by atoms with E-state index in [0.29, 0.717) is 43.4 Å². The topological polar surface area (TPSA) is 168 Å². The number of carbonyl (C=O) groups is 3. The number of imidazole rings is 2. The molecule has 416 valence electrons. The van der Waals surface area contributed by atoms with Crippen molar-refractivity contribution in [3.05, 3.63) is 225 Å². The van der Waals surface area contributed by atoms with Crippen LogP contribution >= 0.6 is 23.2 Å². The number of ether oxygens (including phenoxy) is 1. The Morgan fingerprint density at radius 2 is 1.12 bits per heavy atom. The van der Waals surface area contributed by atoms with Gasteiger partial charge in [0.15, 0.2) is 0 Å². The van der Waals surface area contributed by atoms with Gasteiger partial charge in [0.1, 0.15) is 17.7 Å². The van der Waals surface area contributed by atoms with E-state index in [9.17, 15) is 14.4 Å². The highest BCUT2D eigenvalue weighted by atomic mass is 35.5. The molecular formula is C63H66Cl2N12O4. The minimum atomic E-state index is -0.671. The molecular weight excluding hydrogens is 1060 g/mol. The lowest BCUT2D eigenvalue weighted by Gasteiger charge is -2.44. The Morgan fingerprint density at radius 1 is 0.605 bits per heavy atom. The van der Waals surface area contributed by atoms with Gasteiger partial charge in [-0.25, -0.2) is 14.8 Å². The molecule has 2 fully saturated rings. The Kier molecular flexibility index (Phi) is 16.7. The predicted molar refractivity (Wildman–Crippen MR) is 314 cm³/mol. The Morgan fingerprint density at radius 3 is 1.64 bits per heavy atom. The summed E-state index contributed by atoms with van der Waals surface area (Å²) in [5, 5.41) is 11.2. The van der Waals surface area contributed by atoms with Crippen molar-refractivity contribution in [1.82, 2.24) is 49.1 Å². The van der Waals surface area contributed by atoms with Crippen LogP contribution in [0.3, 0.4) is 0 Å². The zero-order valence-corrected chi connectivity index (χ0v) is 47.2. The average Bonchev–Trinajstić information content (AvgIpc) is 4.13. The number of aryl methyl sites for hydroxylation is 4. The number of hydrogen-bond acceptors (Lipinski definition) is 11. The van der Waals surface area contributed by atoms with E-state index in [0.717, 1.165) is 88.7 Å². The van der Waals surface area contributed by atoms with E-state index in [1.807, 2.05) is 127 Å². The molecule has 4 atom stereocenters. The first-order valence-electron chi connectivity index (χ1n) is 27.7. The van der Waals surface area contributed by atoms with Crippen LogP contribution in [-0.2, 0) is 53.1 Å². The van der Waals surface area contributed by atoms with Gasteiger partial charge >= 0.3 is 6.09 Å². The van der Waals surface area contributed by atoms with Crippen LogP contribution < -0.4 is 16.0 Å². The SMILES string of the molecule is CC(C)(C)OC(=O)N1CCN(C2c3ccc(Cl)cc3CCc3cccnc32)C(C(=O)Nc2cccc(Cn3ccnc3)c2)C1.O=C(Nc1cccc(Cn2ccnc2)c1)C1CNCCN1C1c2ccc(Cl)cc2CCc2cccnc21. The number of rotatable bonds is 10. The van der Waals surface area contributed by atoms with Gasteiger partial charge in [-0.1, -0.05) is 71.7 Å². The first kappa shape index (κ1) is 55.2. The quantitative estimate of drug-likeness (QED) is 0.119. The van der Waals surface area contributed by atoms with E-state index in [2.05, 4.69) is 72.1 Å². The maximum atomic E-state index is 14.3. The van der Waals surface area contributed by atoms with E-state index in [1.54, 1.807) is 29.9 Å². The molecule has 4 aliphatic rings. The van der Waals surface area contributed by atoms with Crippen LogP contribution in [0.25, 0.3) is 0 Å². The number of hydrogen-bond donors (Lipinski definition) is 3. The molecule has 2 aliphatic carbocycles. The number of carbonyl (C=O) groups excluding carboxylic acids is 3. The highest BCUT2D eigenvalue weighted by Gasteiger charge is 2.43. The molecule has 0 saturated carbocycles. The number of benzene rings is 4. The summed E-state index contributed by atoms with van der Waals surface area (Å²) in [6, 6.07) is 34.7. The molecule has 0 spiro atoms. The molecule has 3 N–H and O–H groups in total. The summed E-state index contributed by atoms with van der Waals surface area (Å²) in [5.41, 5.74) is 11.9. The van der Waals surface area contributed by atoms with Crippen molar-refractivity contribution in [1.29, 1.82) is 0 Å². The van der Waals surface area contributed by atoms with Crippen LogP contribution in [0.4, 0.5) is 16.2 Å². The lowest BCUT2D eigenvalue weighted by atomic mass is 9.94. The molecule has 4 aromatic carbocycles. The van der Waals surface area contributed by atoms with Gasteiger partial charge in [0, 0.05) is 111 Å². The van der Waals surface area contributed by atoms with Crippen LogP contribution in [0, 0.1) is 0 Å². The molecule has 8 aromatic rings. The summed E-state index contributed by atoms with van der Waals surface area (Å²) in [6.45, 7) is 10.0. The van der Waals surface area contributed by atoms with E-state index in [-0.39, 0.29) is 36.5 Å². The van der Waals surface area contributed by atoms with Crippen LogP contribution in [0.15, 0.2) is 159 Å². The van der Waals surface area contributed by atoms with E-state index < -0.39 is 17.7 Å². The van der Waals surface area contributed by atoms with E-state index in [1.165, 1.54) is 16.7 Å². The van der Waals surface area contributed by atoms with E-state index >= 15 is 0 Å². The van der Waals surface area contributed by atoms with Crippen molar-refractivity contribution in [2.24, 2.45) is 0 Å². The van der Waals surface area contributed by atoms with Gasteiger partial charge in [-0.3, -0.25) is 29.4 Å². The van der Waals surface area contributed by atoms with Gasteiger partial charge in [-0.2, -0.15) is 0 Å². The lowest BCUT2D eigenvalue weighted by Crippen LogP contribution is -2.60. The van der Waals surface area contributed by atoms with Crippen LogP contribution in [0.1, 0.15) is 88.8 Å². The van der Waals surface area contributed by atoms with Crippen LogP contribution in [0.2, 0.25) is 10.0 Å². The zero-order chi connectivity index (χ0) is 56.0. The monoisotopic (exact) mass is 1120 g/mol. The molecule has 0 radical (unpaired) electrons. The molecule has 18 heteroatoms. The van der Waals surface area contributed by atoms with Crippen molar-refractivity contribution < 1.29 is 19.1 Å². The molecule has 6 heterocycles. The Hall–Kier alpha value is -7.73. The zero-order valence-electron chi connectivity index (χ0n) is 45.7. The van der Waals surface area contributed by atoms with Gasteiger partial charge in [-0.15, -0.1) is 0 Å². The largest absolute Gasteiger partial charge is 0.444 e. The summed E-state index contributed by atoms with van der Waals surface area (Å²) < 4.78 is 9.70.